The third-order valence-electron chi connectivity index (χ3n) is 2.29. The highest BCUT2D eigenvalue weighted by molar-refractivity contribution is 5.92. The Morgan fingerprint density at radius 1 is 0.696 bits per heavy atom. The predicted octanol–water partition coefficient (Wildman–Crippen LogP) is -1.30. The van der Waals surface area contributed by atoms with Gasteiger partial charge in [0.05, 0.1) is 0 Å². The lowest BCUT2D eigenvalue weighted by Crippen LogP contribution is -2.53. The standard InChI is InChI=1S/C11H19N3O5.C2H4O2/c1-5(12-8(4)15)9(16)13-6(2)10(17)14-7(3)11(18)19;1-2(3)4/h5-7H,1-4H3,(H,12,15)(H,13,16)(H,14,17)(H,18,19);1H3,(H,3,4)/t5-,6-,7-;/m0./s1. The summed E-state index contributed by atoms with van der Waals surface area (Å²) < 4.78 is 0. The maximum Gasteiger partial charge on any atom is 0.325 e. The maximum absolute atomic E-state index is 11.6. The van der Waals surface area contributed by atoms with Crippen molar-refractivity contribution < 1.29 is 34.2 Å². The highest BCUT2D eigenvalue weighted by atomic mass is 16.4. The fraction of sp³-hybridized carbons (Fsp3) is 0.615. The van der Waals surface area contributed by atoms with Gasteiger partial charge in [0.15, 0.2) is 0 Å². The zero-order valence-corrected chi connectivity index (χ0v) is 13.7. The van der Waals surface area contributed by atoms with Crippen molar-refractivity contribution in [2.75, 3.05) is 0 Å². The van der Waals surface area contributed by atoms with E-state index in [2.05, 4.69) is 16.0 Å². The van der Waals surface area contributed by atoms with Crippen molar-refractivity contribution in [1.82, 2.24) is 16.0 Å². The Hall–Kier alpha value is -2.65. The molecule has 10 heteroatoms. The molecule has 0 fully saturated rings. The Kier molecular flexibility index (Phi) is 10.8. The Balaban J connectivity index is 0. The van der Waals surface area contributed by atoms with Gasteiger partial charge in [0.2, 0.25) is 17.7 Å². The normalized spacial score (nSPS) is 13.3. The average molecular weight is 333 g/mol. The molecule has 132 valence electrons. The third kappa shape index (κ3) is 12.8. The summed E-state index contributed by atoms with van der Waals surface area (Å²) >= 11 is 0. The van der Waals surface area contributed by atoms with Crippen LogP contribution < -0.4 is 16.0 Å². The number of nitrogens with one attached hydrogen (secondary N) is 3. The van der Waals surface area contributed by atoms with E-state index in [1.807, 2.05) is 0 Å². The van der Waals surface area contributed by atoms with Crippen LogP contribution in [0.5, 0.6) is 0 Å². The van der Waals surface area contributed by atoms with Gasteiger partial charge in [-0.3, -0.25) is 24.0 Å². The van der Waals surface area contributed by atoms with Gasteiger partial charge in [-0.1, -0.05) is 0 Å². The minimum absolute atomic E-state index is 0.362. The molecule has 0 rings (SSSR count). The first-order valence-electron chi connectivity index (χ1n) is 6.68. The Morgan fingerprint density at radius 3 is 1.30 bits per heavy atom. The minimum atomic E-state index is -1.17. The summed E-state index contributed by atoms with van der Waals surface area (Å²) in [5.41, 5.74) is 0. The molecule has 0 aliphatic carbocycles. The summed E-state index contributed by atoms with van der Waals surface area (Å²) in [6.45, 7) is 6.56. The molecule has 3 amide bonds. The zero-order chi connectivity index (χ0) is 18.7. The second-order valence-corrected chi connectivity index (χ2v) is 4.74. The topological polar surface area (TPSA) is 162 Å². The smallest absolute Gasteiger partial charge is 0.325 e. The van der Waals surface area contributed by atoms with E-state index in [9.17, 15) is 19.2 Å². The van der Waals surface area contributed by atoms with E-state index in [1.54, 1.807) is 0 Å². The molecule has 0 radical (unpaired) electrons. The Bertz CT molecular complexity index is 460. The van der Waals surface area contributed by atoms with E-state index in [-0.39, 0.29) is 5.91 Å². The van der Waals surface area contributed by atoms with E-state index >= 15 is 0 Å². The van der Waals surface area contributed by atoms with Crippen LogP contribution in [0.3, 0.4) is 0 Å². The number of carboxylic acids is 2. The third-order valence-corrected chi connectivity index (χ3v) is 2.29. The molecule has 0 saturated heterocycles. The first-order chi connectivity index (χ1) is 10.4. The number of hydrogen-bond acceptors (Lipinski definition) is 5. The molecular weight excluding hydrogens is 310 g/mol. The van der Waals surface area contributed by atoms with Gasteiger partial charge in [-0.2, -0.15) is 0 Å². The molecular formula is C13H23N3O7. The molecule has 0 unspecified atom stereocenters. The van der Waals surface area contributed by atoms with Gasteiger partial charge in [-0.05, 0) is 20.8 Å². The number of hydrogen-bond donors (Lipinski definition) is 5. The molecule has 0 spiro atoms. The monoisotopic (exact) mass is 333 g/mol. The van der Waals surface area contributed by atoms with Gasteiger partial charge in [-0.15, -0.1) is 0 Å². The van der Waals surface area contributed by atoms with Crippen LogP contribution in [0.25, 0.3) is 0 Å². The number of amides is 3. The molecule has 0 saturated carbocycles. The van der Waals surface area contributed by atoms with E-state index in [0.717, 1.165) is 6.92 Å². The van der Waals surface area contributed by atoms with Crippen molar-refractivity contribution in [1.29, 1.82) is 0 Å². The number of carboxylic acid groups (broad SMARTS) is 2. The van der Waals surface area contributed by atoms with Crippen molar-refractivity contribution in [3.8, 4) is 0 Å². The molecule has 5 N–H and O–H groups in total. The van der Waals surface area contributed by atoms with Gasteiger partial charge in [0.1, 0.15) is 18.1 Å². The molecule has 0 heterocycles. The highest BCUT2D eigenvalue weighted by Crippen LogP contribution is 1.90. The lowest BCUT2D eigenvalue weighted by atomic mass is 10.2. The molecule has 0 aliphatic heterocycles. The van der Waals surface area contributed by atoms with Crippen molar-refractivity contribution in [3.63, 3.8) is 0 Å². The van der Waals surface area contributed by atoms with Crippen LogP contribution in [0, 0.1) is 0 Å². The maximum atomic E-state index is 11.6. The van der Waals surface area contributed by atoms with E-state index < -0.39 is 41.9 Å². The van der Waals surface area contributed by atoms with Crippen LogP contribution in [0.4, 0.5) is 0 Å². The predicted molar refractivity (Wildman–Crippen MR) is 79.4 cm³/mol. The van der Waals surface area contributed by atoms with Gasteiger partial charge in [0.25, 0.3) is 5.97 Å². The summed E-state index contributed by atoms with van der Waals surface area (Å²) in [5, 5.41) is 23.0. The molecule has 0 aromatic carbocycles. The summed E-state index contributed by atoms with van der Waals surface area (Å²) in [6, 6.07) is -2.71. The van der Waals surface area contributed by atoms with Crippen LogP contribution in [0.1, 0.15) is 34.6 Å². The largest absolute Gasteiger partial charge is 0.481 e. The molecule has 0 aromatic rings. The quantitative estimate of drug-likeness (QED) is 0.403. The van der Waals surface area contributed by atoms with Crippen LogP contribution in [0.15, 0.2) is 0 Å². The van der Waals surface area contributed by atoms with Crippen LogP contribution in [0.2, 0.25) is 0 Å². The van der Waals surface area contributed by atoms with Gasteiger partial charge < -0.3 is 26.2 Å². The van der Waals surface area contributed by atoms with Gasteiger partial charge in [0, 0.05) is 13.8 Å². The molecule has 23 heavy (non-hydrogen) atoms. The van der Waals surface area contributed by atoms with E-state index in [0.29, 0.717) is 0 Å². The molecule has 10 nitrogen and oxygen atoms in total. The second kappa shape index (κ2) is 11.0. The first-order valence-corrected chi connectivity index (χ1v) is 6.68. The number of aliphatic carboxylic acids is 2. The van der Waals surface area contributed by atoms with Crippen LogP contribution in [-0.2, 0) is 24.0 Å². The molecule has 0 bridgehead atoms. The fourth-order valence-electron chi connectivity index (χ4n) is 1.17. The molecule has 0 aliphatic rings. The van der Waals surface area contributed by atoms with E-state index in [1.165, 1.54) is 27.7 Å². The number of carbonyl (C=O) groups is 5. The summed E-state index contributed by atoms with van der Waals surface area (Å²) in [5.74, 6) is -3.50. The second-order valence-electron chi connectivity index (χ2n) is 4.74. The van der Waals surface area contributed by atoms with Crippen molar-refractivity contribution in [2.24, 2.45) is 0 Å². The van der Waals surface area contributed by atoms with Crippen LogP contribution in [-0.4, -0.2) is 58.0 Å². The summed E-state index contributed by atoms with van der Waals surface area (Å²) in [6.07, 6.45) is 0. The fourth-order valence-corrected chi connectivity index (χ4v) is 1.17. The van der Waals surface area contributed by atoms with Crippen LogP contribution >= 0.6 is 0 Å². The first kappa shape index (κ1) is 22.6. The SMILES string of the molecule is CC(=O)N[C@@H](C)C(=O)N[C@@H](C)C(=O)N[C@@H](C)C(=O)O.CC(=O)O. The molecule has 0 aromatic heterocycles. The average Bonchev–Trinajstić information content (AvgIpc) is 2.36. The van der Waals surface area contributed by atoms with Gasteiger partial charge in [-0.25, -0.2) is 0 Å². The summed E-state index contributed by atoms with van der Waals surface area (Å²) in [7, 11) is 0. The zero-order valence-electron chi connectivity index (χ0n) is 13.7. The highest BCUT2D eigenvalue weighted by Gasteiger charge is 2.22. The lowest BCUT2D eigenvalue weighted by molar-refractivity contribution is -0.141. The Morgan fingerprint density at radius 2 is 1.00 bits per heavy atom. The number of carbonyl (C=O) groups excluding carboxylic acids is 3. The van der Waals surface area contributed by atoms with Crippen molar-refractivity contribution in [3.05, 3.63) is 0 Å². The summed E-state index contributed by atoms with van der Waals surface area (Å²) in [4.78, 5) is 53.5. The van der Waals surface area contributed by atoms with Crippen molar-refractivity contribution in [2.45, 2.75) is 52.7 Å². The minimum Gasteiger partial charge on any atom is -0.481 e. The molecule has 3 atom stereocenters. The van der Waals surface area contributed by atoms with Gasteiger partial charge >= 0.3 is 5.97 Å². The van der Waals surface area contributed by atoms with Crippen molar-refractivity contribution >= 4 is 29.7 Å². The Labute approximate surface area is 133 Å². The van der Waals surface area contributed by atoms with E-state index in [4.69, 9.17) is 15.0 Å². The lowest BCUT2D eigenvalue weighted by Gasteiger charge is -2.18. The number of rotatable bonds is 6.